The second kappa shape index (κ2) is 6.23. The first kappa shape index (κ1) is 17.3. The van der Waals surface area contributed by atoms with E-state index in [4.69, 9.17) is 16.3 Å². The third kappa shape index (κ3) is 3.85. The fourth-order valence-electron chi connectivity index (χ4n) is 1.62. The molecular formula is C15H14ClF3N2O2. The van der Waals surface area contributed by atoms with Gasteiger partial charge in [0.1, 0.15) is 0 Å². The van der Waals surface area contributed by atoms with E-state index >= 15 is 0 Å². The SMILES string of the molecule is CC(C)(CCl)C(=O)Oc1cc(C(F)(F)F)nn1-c1ccccc1. The molecule has 0 amide bonds. The molecule has 0 aliphatic carbocycles. The smallest absolute Gasteiger partial charge is 0.407 e. The van der Waals surface area contributed by atoms with Gasteiger partial charge in [0.25, 0.3) is 0 Å². The number of halogens is 4. The van der Waals surface area contributed by atoms with Gasteiger partial charge < -0.3 is 4.74 Å². The summed E-state index contributed by atoms with van der Waals surface area (Å²) in [6.07, 6.45) is -4.65. The Morgan fingerprint density at radius 2 is 1.87 bits per heavy atom. The summed E-state index contributed by atoms with van der Waals surface area (Å²) in [7, 11) is 0. The van der Waals surface area contributed by atoms with Crippen molar-refractivity contribution >= 4 is 17.6 Å². The third-order valence-electron chi connectivity index (χ3n) is 3.05. The molecule has 0 aliphatic heterocycles. The van der Waals surface area contributed by atoms with E-state index in [1.165, 1.54) is 13.8 Å². The molecule has 1 heterocycles. The second-order valence-corrected chi connectivity index (χ2v) is 5.79. The number of benzene rings is 1. The monoisotopic (exact) mass is 346 g/mol. The first-order chi connectivity index (χ1) is 10.6. The van der Waals surface area contributed by atoms with Crippen molar-refractivity contribution in [2.24, 2.45) is 5.41 Å². The van der Waals surface area contributed by atoms with Crippen LogP contribution in [0.2, 0.25) is 0 Å². The Balaban J connectivity index is 2.45. The van der Waals surface area contributed by atoms with Gasteiger partial charge in [-0.25, -0.2) is 4.68 Å². The van der Waals surface area contributed by atoms with Gasteiger partial charge >= 0.3 is 12.1 Å². The maximum atomic E-state index is 12.9. The van der Waals surface area contributed by atoms with E-state index in [1.807, 2.05) is 0 Å². The Morgan fingerprint density at radius 1 is 1.26 bits per heavy atom. The lowest BCUT2D eigenvalue weighted by Gasteiger charge is -2.19. The van der Waals surface area contributed by atoms with E-state index < -0.39 is 23.3 Å². The number of carbonyl (C=O) groups excluding carboxylic acids is 1. The molecule has 0 saturated carbocycles. The van der Waals surface area contributed by atoms with Crippen LogP contribution in [0, 0.1) is 5.41 Å². The van der Waals surface area contributed by atoms with Crippen molar-refractivity contribution in [1.82, 2.24) is 9.78 Å². The largest absolute Gasteiger partial charge is 0.435 e. The molecule has 0 spiro atoms. The lowest BCUT2D eigenvalue weighted by Crippen LogP contribution is -2.31. The highest BCUT2D eigenvalue weighted by Crippen LogP contribution is 2.33. The molecule has 2 rings (SSSR count). The molecule has 1 aromatic carbocycles. The number of ether oxygens (including phenoxy) is 1. The zero-order chi connectivity index (χ0) is 17.3. The highest BCUT2D eigenvalue weighted by Gasteiger charge is 2.37. The van der Waals surface area contributed by atoms with Crippen molar-refractivity contribution in [2.75, 3.05) is 5.88 Å². The van der Waals surface area contributed by atoms with Crippen LogP contribution in [0.5, 0.6) is 5.88 Å². The van der Waals surface area contributed by atoms with Gasteiger partial charge in [-0.15, -0.1) is 11.6 Å². The van der Waals surface area contributed by atoms with Gasteiger partial charge in [-0.05, 0) is 26.0 Å². The molecule has 124 valence electrons. The molecule has 0 aliphatic rings. The van der Waals surface area contributed by atoms with E-state index in [1.54, 1.807) is 30.3 Å². The number of alkyl halides is 4. The number of hydrogen-bond acceptors (Lipinski definition) is 3. The molecule has 0 unspecified atom stereocenters. The number of para-hydroxylation sites is 1. The van der Waals surface area contributed by atoms with Crippen molar-refractivity contribution in [3.63, 3.8) is 0 Å². The number of hydrogen-bond donors (Lipinski definition) is 0. The van der Waals surface area contributed by atoms with Gasteiger partial charge in [0.15, 0.2) is 5.69 Å². The maximum absolute atomic E-state index is 12.9. The summed E-state index contributed by atoms with van der Waals surface area (Å²) < 4.78 is 44.7. The van der Waals surface area contributed by atoms with Gasteiger partial charge in [-0.1, -0.05) is 18.2 Å². The Morgan fingerprint density at radius 3 is 2.39 bits per heavy atom. The summed E-state index contributed by atoms with van der Waals surface area (Å²) in [5.41, 5.74) is -1.84. The van der Waals surface area contributed by atoms with Crippen LogP contribution >= 0.6 is 11.6 Å². The molecule has 2 aromatic rings. The molecule has 8 heteroatoms. The molecular weight excluding hydrogens is 333 g/mol. The Bertz CT molecular complexity index is 696. The number of aromatic nitrogens is 2. The summed E-state index contributed by atoms with van der Waals surface area (Å²) >= 11 is 5.69. The molecule has 0 N–H and O–H groups in total. The van der Waals surface area contributed by atoms with Crippen molar-refractivity contribution in [2.45, 2.75) is 20.0 Å². The first-order valence-corrected chi connectivity index (χ1v) is 7.19. The summed E-state index contributed by atoms with van der Waals surface area (Å²) in [5, 5.41) is 3.49. The molecule has 0 radical (unpaired) electrons. The Kier molecular flexibility index (Phi) is 4.70. The van der Waals surface area contributed by atoms with Crippen LogP contribution in [0.3, 0.4) is 0 Å². The number of carbonyl (C=O) groups is 1. The van der Waals surface area contributed by atoms with Crippen molar-refractivity contribution in [3.8, 4) is 11.6 Å². The molecule has 0 bridgehead atoms. The molecule has 1 aromatic heterocycles. The lowest BCUT2D eigenvalue weighted by atomic mass is 9.97. The average Bonchev–Trinajstić information content (AvgIpc) is 2.92. The minimum absolute atomic E-state index is 0.0303. The van der Waals surface area contributed by atoms with Crippen molar-refractivity contribution in [1.29, 1.82) is 0 Å². The van der Waals surface area contributed by atoms with Crippen LogP contribution in [0.15, 0.2) is 36.4 Å². The van der Waals surface area contributed by atoms with Crippen LogP contribution in [0.25, 0.3) is 5.69 Å². The number of nitrogens with zero attached hydrogens (tertiary/aromatic N) is 2. The van der Waals surface area contributed by atoms with Crippen LogP contribution in [0.4, 0.5) is 13.2 Å². The summed E-state index contributed by atoms with van der Waals surface area (Å²) in [6.45, 7) is 3.08. The fourth-order valence-corrected chi connectivity index (χ4v) is 1.73. The fraction of sp³-hybridized carbons (Fsp3) is 0.333. The predicted octanol–water partition coefficient (Wildman–Crippen LogP) is 4.06. The zero-order valence-electron chi connectivity index (χ0n) is 12.4. The minimum atomic E-state index is -4.65. The number of esters is 1. The quantitative estimate of drug-likeness (QED) is 0.619. The highest BCUT2D eigenvalue weighted by atomic mass is 35.5. The summed E-state index contributed by atoms with van der Waals surface area (Å²) in [5.74, 6) is -1.08. The van der Waals surface area contributed by atoms with Crippen LogP contribution in [-0.2, 0) is 11.0 Å². The topological polar surface area (TPSA) is 44.1 Å². The number of rotatable bonds is 4. The van der Waals surface area contributed by atoms with E-state index in [0.29, 0.717) is 11.8 Å². The van der Waals surface area contributed by atoms with Crippen LogP contribution in [0.1, 0.15) is 19.5 Å². The average molecular weight is 347 g/mol. The normalized spacial score (nSPS) is 12.3. The predicted molar refractivity (Wildman–Crippen MR) is 78.7 cm³/mol. The second-order valence-electron chi connectivity index (χ2n) is 5.52. The zero-order valence-corrected chi connectivity index (χ0v) is 13.1. The van der Waals surface area contributed by atoms with Gasteiger partial charge in [-0.3, -0.25) is 4.79 Å². The van der Waals surface area contributed by atoms with Gasteiger partial charge in [0.05, 0.1) is 11.1 Å². The molecule has 23 heavy (non-hydrogen) atoms. The van der Waals surface area contributed by atoms with Crippen LogP contribution in [-0.4, -0.2) is 21.6 Å². The summed E-state index contributed by atoms with van der Waals surface area (Å²) in [6, 6.07) is 8.78. The Labute approximate surface area is 135 Å². The van der Waals surface area contributed by atoms with E-state index in [9.17, 15) is 18.0 Å². The maximum Gasteiger partial charge on any atom is 0.435 e. The summed E-state index contributed by atoms with van der Waals surface area (Å²) in [4.78, 5) is 12.1. The van der Waals surface area contributed by atoms with Gasteiger partial charge in [0, 0.05) is 11.9 Å². The standard InChI is InChI=1S/C15H14ClF3N2O2/c1-14(2,9-16)13(22)23-12-8-11(15(17,18)19)20-21(12)10-6-4-3-5-7-10/h3-8H,9H2,1-2H3. The Hall–Kier alpha value is -2.02. The first-order valence-electron chi connectivity index (χ1n) is 6.66. The van der Waals surface area contributed by atoms with E-state index in [2.05, 4.69) is 5.10 Å². The lowest BCUT2D eigenvalue weighted by molar-refractivity contribution is -0.143. The molecule has 0 fully saturated rings. The van der Waals surface area contributed by atoms with Crippen LogP contribution < -0.4 is 4.74 Å². The molecule has 0 atom stereocenters. The molecule has 4 nitrogen and oxygen atoms in total. The highest BCUT2D eigenvalue weighted by molar-refractivity contribution is 6.19. The van der Waals surface area contributed by atoms with Gasteiger partial charge in [0.2, 0.25) is 5.88 Å². The van der Waals surface area contributed by atoms with Gasteiger partial charge in [-0.2, -0.15) is 18.3 Å². The van der Waals surface area contributed by atoms with E-state index in [-0.39, 0.29) is 11.8 Å². The minimum Gasteiger partial charge on any atom is -0.407 e. The van der Waals surface area contributed by atoms with E-state index in [0.717, 1.165) is 4.68 Å². The molecule has 0 saturated heterocycles. The third-order valence-corrected chi connectivity index (χ3v) is 3.72. The van der Waals surface area contributed by atoms with Crippen molar-refractivity contribution < 1.29 is 22.7 Å². The van der Waals surface area contributed by atoms with Crippen molar-refractivity contribution in [3.05, 3.63) is 42.1 Å².